The van der Waals surface area contributed by atoms with E-state index in [4.69, 9.17) is 17.3 Å². The van der Waals surface area contributed by atoms with Crippen LogP contribution in [0, 0.1) is 11.3 Å². The van der Waals surface area contributed by atoms with E-state index < -0.39 is 0 Å². The zero-order valence-electron chi connectivity index (χ0n) is 10.6. The molecule has 0 amide bonds. The molecule has 2 unspecified atom stereocenters. The average molecular weight is 253 g/mol. The molecule has 17 heavy (non-hydrogen) atoms. The maximum absolute atomic E-state index is 6.24. The van der Waals surface area contributed by atoms with Crippen molar-refractivity contribution in [2.45, 2.75) is 45.6 Å². The third-order valence-corrected chi connectivity index (χ3v) is 4.25. The Labute approximate surface area is 109 Å². The van der Waals surface area contributed by atoms with Crippen LogP contribution in [0.1, 0.15) is 38.7 Å². The first kappa shape index (κ1) is 12.8. The molecule has 1 aliphatic rings. The molecule has 0 radical (unpaired) electrons. The summed E-state index contributed by atoms with van der Waals surface area (Å²) in [6, 6.07) is 2.32. The van der Waals surface area contributed by atoms with Crippen molar-refractivity contribution < 1.29 is 0 Å². The highest BCUT2D eigenvalue weighted by Crippen LogP contribution is 2.39. The molecule has 0 aliphatic heterocycles. The summed E-state index contributed by atoms with van der Waals surface area (Å²) >= 11 is 6.16. The lowest BCUT2D eigenvalue weighted by Crippen LogP contribution is -2.40. The molecule has 1 fully saturated rings. The molecule has 1 aromatic rings. The molecule has 1 aromatic heterocycles. The molecule has 2 nitrogen and oxygen atoms in total. The van der Waals surface area contributed by atoms with E-state index in [0.29, 0.717) is 17.4 Å². The van der Waals surface area contributed by atoms with Crippen LogP contribution >= 0.6 is 11.6 Å². The van der Waals surface area contributed by atoms with Gasteiger partial charge in [0, 0.05) is 18.4 Å². The number of nitrogens with zero attached hydrogens (tertiary/aromatic N) is 1. The van der Waals surface area contributed by atoms with Gasteiger partial charge in [0.2, 0.25) is 0 Å². The van der Waals surface area contributed by atoms with Gasteiger partial charge in [-0.15, -0.1) is 0 Å². The van der Waals surface area contributed by atoms with Gasteiger partial charge in [-0.25, -0.2) is 0 Å². The molecular formula is C14H21ClN2. The van der Waals surface area contributed by atoms with Crippen molar-refractivity contribution in [2.75, 3.05) is 0 Å². The average Bonchev–Trinajstić information content (AvgIpc) is 2.26. The van der Waals surface area contributed by atoms with Gasteiger partial charge in [0.15, 0.2) is 0 Å². The summed E-state index contributed by atoms with van der Waals surface area (Å²) in [5.41, 5.74) is 7.84. The lowest BCUT2D eigenvalue weighted by Gasteiger charge is -2.39. The number of halogens is 1. The molecule has 2 N–H and O–H groups in total. The smallest absolute Gasteiger partial charge is 0.0621 e. The summed E-state index contributed by atoms with van der Waals surface area (Å²) in [5.74, 6) is 0.540. The van der Waals surface area contributed by atoms with E-state index in [1.165, 1.54) is 18.4 Å². The first-order valence-corrected chi connectivity index (χ1v) is 6.70. The molecule has 1 saturated carbocycles. The fourth-order valence-corrected chi connectivity index (χ4v) is 3.03. The molecule has 1 aliphatic carbocycles. The Bertz CT molecular complexity index is 390. The molecule has 0 aromatic carbocycles. The zero-order valence-corrected chi connectivity index (χ0v) is 11.4. The minimum atomic E-state index is 0.312. The molecule has 3 heteroatoms. The van der Waals surface area contributed by atoms with Crippen LogP contribution in [0.25, 0.3) is 0 Å². The first-order valence-electron chi connectivity index (χ1n) is 6.32. The Kier molecular flexibility index (Phi) is 3.74. The Morgan fingerprint density at radius 2 is 2.29 bits per heavy atom. The number of hydrogen-bond donors (Lipinski definition) is 1. The van der Waals surface area contributed by atoms with E-state index in [0.717, 1.165) is 17.9 Å². The number of nitrogens with two attached hydrogens (primary N) is 1. The molecule has 1 heterocycles. The van der Waals surface area contributed by atoms with Crippen LogP contribution in [-0.2, 0) is 6.42 Å². The van der Waals surface area contributed by atoms with Gasteiger partial charge in [-0.1, -0.05) is 25.4 Å². The highest BCUT2D eigenvalue weighted by Gasteiger charge is 2.33. The van der Waals surface area contributed by atoms with Gasteiger partial charge in [-0.3, -0.25) is 4.98 Å². The minimum absolute atomic E-state index is 0.312. The lowest BCUT2D eigenvalue weighted by atomic mass is 9.68. The molecular weight excluding hydrogens is 232 g/mol. The molecule has 0 saturated heterocycles. The van der Waals surface area contributed by atoms with Crippen molar-refractivity contribution in [3.8, 4) is 0 Å². The number of pyridine rings is 1. The Morgan fingerprint density at radius 1 is 1.53 bits per heavy atom. The second-order valence-corrected chi connectivity index (χ2v) is 6.41. The predicted octanol–water partition coefficient (Wildman–Crippen LogP) is 3.43. The highest BCUT2D eigenvalue weighted by atomic mass is 35.5. The third kappa shape index (κ3) is 3.20. The van der Waals surface area contributed by atoms with Gasteiger partial charge in [0.25, 0.3) is 0 Å². The number of hydrogen-bond acceptors (Lipinski definition) is 2. The van der Waals surface area contributed by atoms with Crippen LogP contribution in [0.5, 0.6) is 0 Å². The summed E-state index contributed by atoms with van der Waals surface area (Å²) in [4.78, 5) is 4.02. The van der Waals surface area contributed by atoms with E-state index in [9.17, 15) is 0 Å². The quantitative estimate of drug-likeness (QED) is 0.876. The van der Waals surface area contributed by atoms with Gasteiger partial charge >= 0.3 is 0 Å². The third-order valence-electron chi connectivity index (χ3n) is 3.91. The van der Waals surface area contributed by atoms with Crippen molar-refractivity contribution in [3.63, 3.8) is 0 Å². The lowest BCUT2D eigenvalue weighted by molar-refractivity contribution is 0.157. The SMILES string of the molecule is CC1(C)CCC(N)C(Cc2ccncc2Cl)C1. The van der Waals surface area contributed by atoms with Crippen molar-refractivity contribution in [1.29, 1.82) is 0 Å². The van der Waals surface area contributed by atoms with Crippen molar-refractivity contribution in [3.05, 3.63) is 29.0 Å². The van der Waals surface area contributed by atoms with Gasteiger partial charge in [-0.2, -0.15) is 0 Å². The van der Waals surface area contributed by atoms with E-state index >= 15 is 0 Å². The molecule has 2 atom stereocenters. The highest BCUT2D eigenvalue weighted by molar-refractivity contribution is 6.31. The van der Waals surface area contributed by atoms with Crippen LogP contribution < -0.4 is 5.73 Å². The van der Waals surface area contributed by atoms with Gasteiger partial charge in [0.05, 0.1) is 5.02 Å². The van der Waals surface area contributed by atoms with E-state index in [1.807, 2.05) is 6.07 Å². The summed E-state index contributed by atoms with van der Waals surface area (Å²) in [5, 5.41) is 0.767. The first-order chi connectivity index (χ1) is 7.98. The zero-order chi connectivity index (χ0) is 12.5. The standard InChI is InChI=1S/C14H21ClN2/c1-14(2)5-3-13(16)11(8-14)7-10-4-6-17-9-12(10)15/h4,6,9,11,13H,3,5,7-8,16H2,1-2H3. The van der Waals surface area contributed by atoms with Gasteiger partial charge in [0.1, 0.15) is 0 Å². The van der Waals surface area contributed by atoms with Crippen LogP contribution in [0.4, 0.5) is 0 Å². The largest absolute Gasteiger partial charge is 0.327 e. The van der Waals surface area contributed by atoms with E-state index in [1.54, 1.807) is 12.4 Å². The van der Waals surface area contributed by atoms with E-state index in [-0.39, 0.29) is 0 Å². The predicted molar refractivity (Wildman–Crippen MR) is 72.0 cm³/mol. The van der Waals surface area contributed by atoms with Gasteiger partial charge in [-0.05, 0) is 48.6 Å². The maximum atomic E-state index is 6.24. The van der Waals surface area contributed by atoms with Crippen LogP contribution in [0.2, 0.25) is 5.02 Å². The summed E-state index contributed by atoms with van der Waals surface area (Å²) in [6.07, 6.45) is 8.05. The van der Waals surface area contributed by atoms with Crippen LogP contribution in [-0.4, -0.2) is 11.0 Å². The van der Waals surface area contributed by atoms with E-state index in [2.05, 4.69) is 18.8 Å². The maximum Gasteiger partial charge on any atom is 0.0621 e. The molecule has 94 valence electrons. The van der Waals surface area contributed by atoms with Crippen molar-refractivity contribution in [1.82, 2.24) is 4.98 Å². The second-order valence-electron chi connectivity index (χ2n) is 6.00. The minimum Gasteiger partial charge on any atom is -0.327 e. The van der Waals surface area contributed by atoms with Crippen molar-refractivity contribution >= 4 is 11.6 Å². The normalized spacial score (nSPS) is 28.0. The summed E-state index contributed by atoms with van der Waals surface area (Å²) < 4.78 is 0. The van der Waals surface area contributed by atoms with Crippen molar-refractivity contribution in [2.24, 2.45) is 17.1 Å². The summed E-state index contributed by atoms with van der Waals surface area (Å²) in [6.45, 7) is 4.67. The molecule has 0 bridgehead atoms. The molecule has 0 spiro atoms. The Balaban J connectivity index is 2.10. The number of aromatic nitrogens is 1. The summed E-state index contributed by atoms with van der Waals surface area (Å²) in [7, 11) is 0. The second kappa shape index (κ2) is 4.95. The monoisotopic (exact) mass is 252 g/mol. The number of rotatable bonds is 2. The topological polar surface area (TPSA) is 38.9 Å². The Hall–Kier alpha value is -0.600. The fourth-order valence-electron chi connectivity index (χ4n) is 2.83. The van der Waals surface area contributed by atoms with Crippen LogP contribution in [0.3, 0.4) is 0 Å². The molecule has 2 rings (SSSR count). The van der Waals surface area contributed by atoms with Crippen LogP contribution in [0.15, 0.2) is 18.5 Å². The Morgan fingerprint density at radius 3 is 3.00 bits per heavy atom. The van der Waals surface area contributed by atoms with Gasteiger partial charge < -0.3 is 5.73 Å². The fraction of sp³-hybridized carbons (Fsp3) is 0.643.